The number of methoxy groups -OCH3 is 1. The first-order chi connectivity index (χ1) is 14.9. The van der Waals surface area contributed by atoms with E-state index in [2.05, 4.69) is 10.3 Å². The van der Waals surface area contributed by atoms with Crippen LogP contribution < -0.4 is 10.1 Å². The van der Waals surface area contributed by atoms with E-state index in [4.69, 9.17) is 9.47 Å². The van der Waals surface area contributed by atoms with Gasteiger partial charge in [0.25, 0.3) is 0 Å². The standard InChI is InChI=1S/C24H24N2O4S/c1-16(2)30-19-11-7-8-17(14-19)12-13-21(27)25-24-26-23(18-9-5-4-6-10-18)20(31-24)15-22(28)29-3/h4-14,16H,15H2,1-3H3,(H,25,26,27)/b13-12+. The molecule has 1 heterocycles. The van der Waals surface area contributed by atoms with Crippen molar-refractivity contribution in [3.8, 4) is 17.0 Å². The van der Waals surface area contributed by atoms with Crippen LogP contribution in [0.25, 0.3) is 17.3 Å². The minimum atomic E-state index is -0.359. The molecule has 2 aromatic carbocycles. The zero-order chi connectivity index (χ0) is 22.2. The third-order valence-corrected chi connectivity index (χ3v) is 5.14. The van der Waals surface area contributed by atoms with E-state index in [0.29, 0.717) is 10.8 Å². The van der Waals surface area contributed by atoms with Crippen molar-refractivity contribution in [2.24, 2.45) is 0 Å². The lowest BCUT2D eigenvalue weighted by atomic mass is 10.1. The molecule has 0 aliphatic heterocycles. The molecule has 0 aliphatic rings. The Labute approximate surface area is 185 Å². The molecule has 0 spiro atoms. The predicted molar refractivity (Wildman–Crippen MR) is 123 cm³/mol. The van der Waals surface area contributed by atoms with Gasteiger partial charge in [0, 0.05) is 16.5 Å². The molecule has 31 heavy (non-hydrogen) atoms. The van der Waals surface area contributed by atoms with Gasteiger partial charge >= 0.3 is 5.97 Å². The summed E-state index contributed by atoms with van der Waals surface area (Å²) in [6.45, 7) is 3.92. The fourth-order valence-electron chi connectivity index (χ4n) is 2.83. The summed E-state index contributed by atoms with van der Waals surface area (Å²) >= 11 is 1.26. The van der Waals surface area contributed by atoms with Crippen LogP contribution >= 0.6 is 11.3 Å². The van der Waals surface area contributed by atoms with Gasteiger partial charge in [-0.15, -0.1) is 11.3 Å². The summed E-state index contributed by atoms with van der Waals surface area (Å²) in [5.41, 5.74) is 2.38. The van der Waals surface area contributed by atoms with Crippen molar-refractivity contribution < 1.29 is 19.1 Å². The number of ether oxygens (including phenoxy) is 2. The highest BCUT2D eigenvalue weighted by atomic mass is 32.1. The zero-order valence-electron chi connectivity index (χ0n) is 17.6. The van der Waals surface area contributed by atoms with Crippen LogP contribution in [-0.2, 0) is 20.7 Å². The van der Waals surface area contributed by atoms with Crippen molar-refractivity contribution in [3.05, 3.63) is 71.1 Å². The van der Waals surface area contributed by atoms with E-state index < -0.39 is 0 Å². The van der Waals surface area contributed by atoms with Gasteiger partial charge in [0.2, 0.25) is 5.91 Å². The van der Waals surface area contributed by atoms with Crippen molar-refractivity contribution >= 4 is 34.4 Å². The molecule has 0 saturated heterocycles. The maximum atomic E-state index is 12.4. The van der Waals surface area contributed by atoms with E-state index in [-0.39, 0.29) is 24.4 Å². The van der Waals surface area contributed by atoms with Gasteiger partial charge in [0.15, 0.2) is 5.13 Å². The summed E-state index contributed by atoms with van der Waals surface area (Å²) in [5, 5.41) is 3.20. The number of nitrogens with one attached hydrogen (secondary N) is 1. The van der Waals surface area contributed by atoms with Crippen molar-refractivity contribution in [2.75, 3.05) is 12.4 Å². The predicted octanol–water partition coefficient (Wildman–Crippen LogP) is 4.96. The number of amides is 1. The number of rotatable bonds is 8. The van der Waals surface area contributed by atoms with Gasteiger partial charge in [-0.3, -0.25) is 14.9 Å². The molecule has 3 rings (SSSR count). The van der Waals surface area contributed by atoms with Gasteiger partial charge in [-0.05, 0) is 37.6 Å². The molecule has 1 aromatic heterocycles. The Bertz CT molecular complexity index is 1070. The minimum Gasteiger partial charge on any atom is -0.491 e. The van der Waals surface area contributed by atoms with Crippen LogP contribution in [-0.4, -0.2) is 30.1 Å². The van der Waals surface area contributed by atoms with E-state index in [1.807, 2.05) is 68.4 Å². The SMILES string of the molecule is COC(=O)Cc1sc(NC(=O)/C=C/c2cccc(OC(C)C)c2)nc1-c1ccccc1. The van der Waals surface area contributed by atoms with E-state index >= 15 is 0 Å². The average Bonchev–Trinajstić information content (AvgIpc) is 3.14. The van der Waals surface area contributed by atoms with Crippen LogP contribution in [0.2, 0.25) is 0 Å². The molecule has 1 N–H and O–H groups in total. The number of hydrogen-bond donors (Lipinski definition) is 1. The Kier molecular flexibility index (Phi) is 7.56. The number of nitrogens with zero attached hydrogens (tertiary/aromatic N) is 1. The first kappa shape index (κ1) is 22.2. The number of carbonyl (C=O) groups is 2. The van der Waals surface area contributed by atoms with Crippen LogP contribution in [0.3, 0.4) is 0 Å². The van der Waals surface area contributed by atoms with Gasteiger partial charge in [-0.2, -0.15) is 0 Å². The number of thiazole rings is 1. The van der Waals surface area contributed by atoms with E-state index in [0.717, 1.165) is 21.8 Å². The Hall–Kier alpha value is -3.45. The second kappa shape index (κ2) is 10.5. The maximum Gasteiger partial charge on any atom is 0.310 e. The lowest BCUT2D eigenvalue weighted by molar-refractivity contribution is -0.139. The number of carbonyl (C=O) groups excluding carboxylic acids is 2. The highest BCUT2D eigenvalue weighted by Gasteiger charge is 2.17. The molecule has 3 aromatic rings. The Morgan fingerprint density at radius 3 is 2.61 bits per heavy atom. The van der Waals surface area contributed by atoms with Crippen molar-refractivity contribution in [1.29, 1.82) is 0 Å². The van der Waals surface area contributed by atoms with Gasteiger partial charge in [-0.25, -0.2) is 4.98 Å². The number of anilines is 1. The highest BCUT2D eigenvalue weighted by Crippen LogP contribution is 2.31. The highest BCUT2D eigenvalue weighted by molar-refractivity contribution is 7.16. The Balaban J connectivity index is 1.75. The van der Waals surface area contributed by atoms with E-state index in [1.165, 1.54) is 24.5 Å². The van der Waals surface area contributed by atoms with Crippen molar-refractivity contribution in [1.82, 2.24) is 4.98 Å². The number of esters is 1. The minimum absolute atomic E-state index is 0.0745. The average molecular weight is 437 g/mol. The summed E-state index contributed by atoms with van der Waals surface area (Å²) in [5.74, 6) is 0.0766. The van der Waals surface area contributed by atoms with Crippen LogP contribution in [0, 0.1) is 0 Å². The second-order valence-electron chi connectivity index (χ2n) is 6.97. The van der Waals surface area contributed by atoms with Crippen LogP contribution in [0.1, 0.15) is 24.3 Å². The summed E-state index contributed by atoms with van der Waals surface area (Å²) in [6.07, 6.45) is 3.32. The smallest absolute Gasteiger partial charge is 0.310 e. The fourth-order valence-corrected chi connectivity index (χ4v) is 3.80. The molecule has 0 radical (unpaired) electrons. The fraction of sp³-hybridized carbons (Fsp3) is 0.208. The topological polar surface area (TPSA) is 77.5 Å². The second-order valence-corrected chi connectivity index (χ2v) is 8.06. The van der Waals surface area contributed by atoms with Crippen molar-refractivity contribution in [2.45, 2.75) is 26.4 Å². The molecule has 160 valence electrons. The third kappa shape index (κ3) is 6.52. The Morgan fingerprint density at radius 1 is 1.13 bits per heavy atom. The molecule has 1 amide bonds. The number of hydrogen-bond acceptors (Lipinski definition) is 6. The first-order valence-electron chi connectivity index (χ1n) is 9.82. The van der Waals surface area contributed by atoms with Crippen LogP contribution in [0.5, 0.6) is 5.75 Å². The van der Waals surface area contributed by atoms with Crippen LogP contribution in [0.15, 0.2) is 60.7 Å². The monoisotopic (exact) mass is 436 g/mol. The molecular formula is C24H24N2O4S. The normalized spacial score (nSPS) is 11.0. The van der Waals surface area contributed by atoms with Gasteiger partial charge in [-0.1, -0.05) is 42.5 Å². The summed E-state index contributed by atoms with van der Waals surface area (Å²) in [4.78, 5) is 29.5. The quantitative estimate of drug-likeness (QED) is 0.399. The first-order valence-corrected chi connectivity index (χ1v) is 10.6. The third-order valence-electron chi connectivity index (χ3n) is 4.16. The summed E-state index contributed by atoms with van der Waals surface area (Å²) in [6, 6.07) is 17.0. The molecule has 6 nitrogen and oxygen atoms in total. The molecule has 0 bridgehead atoms. The summed E-state index contributed by atoms with van der Waals surface area (Å²) in [7, 11) is 1.35. The van der Waals surface area contributed by atoms with E-state index in [9.17, 15) is 9.59 Å². The van der Waals surface area contributed by atoms with Gasteiger partial charge in [0.05, 0.1) is 25.3 Å². The molecule has 7 heteroatoms. The molecule has 0 atom stereocenters. The lowest BCUT2D eigenvalue weighted by Gasteiger charge is -2.09. The Morgan fingerprint density at radius 2 is 1.90 bits per heavy atom. The van der Waals surface area contributed by atoms with Gasteiger partial charge in [0.1, 0.15) is 5.75 Å². The summed E-state index contributed by atoms with van der Waals surface area (Å²) < 4.78 is 10.5. The molecule has 0 unspecified atom stereocenters. The molecule has 0 saturated carbocycles. The largest absolute Gasteiger partial charge is 0.491 e. The van der Waals surface area contributed by atoms with Crippen molar-refractivity contribution in [3.63, 3.8) is 0 Å². The number of benzene rings is 2. The molecule has 0 fully saturated rings. The van der Waals surface area contributed by atoms with E-state index in [1.54, 1.807) is 6.08 Å². The van der Waals surface area contributed by atoms with Gasteiger partial charge < -0.3 is 9.47 Å². The number of aromatic nitrogens is 1. The lowest BCUT2D eigenvalue weighted by Crippen LogP contribution is -2.07. The molecular weight excluding hydrogens is 412 g/mol. The van der Waals surface area contributed by atoms with Crippen LogP contribution in [0.4, 0.5) is 5.13 Å². The molecule has 0 aliphatic carbocycles. The zero-order valence-corrected chi connectivity index (χ0v) is 18.4. The maximum absolute atomic E-state index is 12.4.